The summed E-state index contributed by atoms with van der Waals surface area (Å²) in [6.07, 6.45) is 4.12. The molecule has 0 saturated heterocycles. The van der Waals surface area contributed by atoms with E-state index in [-0.39, 0.29) is 10.8 Å². The Labute approximate surface area is 139 Å². The van der Waals surface area contributed by atoms with E-state index in [4.69, 9.17) is 15.0 Å². The fourth-order valence-electron chi connectivity index (χ4n) is 2.09. The van der Waals surface area contributed by atoms with E-state index in [0.29, 0.717) is 5.75 Å². The maximum atomic E-state index is 10.5. The van der Waals surface area contributed by atoms with Crippen molar-refractivity contribution in [1.82, 2.24) is 0 Å². The molecule has 130 valence electrons. The number of carbonyl (C=O) groups is 1. The van der Waals surface area contributed by atoms with E-state index in [0.717, 1.165) is 16.7 Å². The normalized spacial score (nSPS) is 12.0. The molecule has 0 radical (unpaired) electrons. The molecule has 0 saturated carbocycles. The number of aliphatic hydroxyl groups excluding tert-OH is 1. The van der Waals surface area contributed by atoms with E-state index >= 15 is 0 Å². The molecule has 0 bridgehead atoms. The Morgan fingerprint density at radius 1 is 1.04 bits per heavy atom. The van der Waals surface area contributed by atoms with Crippen molar-refractivity contribution in [3.63, 3.8) is 0 Å². The summed E-state index contributed by atoms with van der Waals surface area (Å²) in [7, 11) is 0. The number of aromatic hydroxyl groups is 1. The zero-order valence-electron chi connectivity index (χ0n) is 15.3. The second-order valence-electron chi connectivity index (χ2n) is 7.52. The maximum Gasteiger partial charge on any atom is 0.329 e. The molecule has 1 aromatic carbocycles. The minimum atomic E-state index is -1.19. The maximum absolute atomic E-state index is 10.5. The second-order valence-corrected chi connectivity index (χ2v) is 7.52. The molecular formula is C19H30O4. The minimum absolute atomic E-state index is 0.0539. The van der Waals surface area contributed by atoms with Crippen LogP contribution in [0.2, 0.25) is 0 Å². The van der Waals surface area contributed by atoms with Gasteiger partial charge in [0.25, 0.3) is 0 Å². The SMILES string of the molecule is CC=Cc1cc(C(C)(C)C)c(O)c(C(C)(C)C)c1.O=C(O)CO. The Morgan fingerprint density at radius 2 is 1.39 bits per heavy atom. The van der Waals surface area contributed by atoms with Crippen LogP contribution in [0.15, 0.2) is 18.2 Å². The van der Waals surface area contributed by atoms with E-state index in [1.807, 2.05) is 13.0 Å². The van der Waals surface area contributed by atoms with Gasteiger partial charge in [0, 0.05) is 11.1 Å². The van der Waals surface area contributed by atoms with Gasteiger partial charge in [-0.1, -0.05) is 53.7 Å². The largest absolute Gasteiger partial charge is 0.507 e. The van der Waals surface area contributed by atoms with Crippen molar-refractivity contribution < 1.29 is 20.1 Å². The Bertz CT molecular complexity index is 523. The molecule has 0 aromatic heterocycles. The standard InChI is InChI=1S/C17H26O.C2H4O3/c1-8-9-12-10-13(16(2,3)4)15(18)14(11-12)17(5,6)7;3-1-2(4)5/h8-11,18H,1-7H3;3H,1H2,(H,4,5). The molecule has 0 atom stereocenters. The van der Waals surface area contributed by atoms with Crippen molar-refractivity contribution in [2.75, 3.05) is 6.61 Å². The molecule has 0 heterocycles. The van der Waals surface area contributed by atoms with Gasteiger partial charge in [-0.3, -0.25) is 0 Å². The molecule has 23 heavy (non-hydrogen) atoms. The summed E-state index contributed by atoms with van der Waals surface area (Å²) >= 11 is 0. The van der Waals surface area contributed by atoms with E-state index < -0.39 is 12.6 Å². The first-order chi connectivity index (χ1) is 10.3. The number of hydrogen-bond acceptors (Lipinski definition) is 3. The molecule has 4 heteroatoms. The molecule has 0 aliphatic heterocycles. The third-order valence-electron chi connectivity index (χ3n) is 3.24. The van der Waals surface area contributed by atoms with E-state index in [9.17, 15) is 5.11 Å². The lowest BCUT2D eigenvalue weighted by Crippen LogP contribution is -2.17. The molecule has 1 aromatic rings. The van der Waals surface area contributed by atoms with Gasteiger partial charge in [-0.05, 0) is 35.4 Å². The van der Waals surface area contributed by atoms with Crippen LogP contribution in [-0.2, 0) is 15.6 Å². The minimum Gasteiger partial charge on any atom is -0.507 e. The third kappa shape index (κ3) is 6.87. The van der Waals surface area contributed by atoms with Gasteiger partial charge in [-0.25, -0.2) is 4.79 Å². The number of carboxylic acid groups (broad SMARTS) is 1. The Morgan fingerprint density at radius 3 is 1.61 bits per heavy atom. The van der Waals surface area contributed by atoms with Gasteiger partial charge in [0.2, 0.25) is 0 Å². The fraction of sp³-hybridized carbons (Fsp3) is 0.526. The first kappa shape index (κ1) is 21.2. The number of hydrogen-bond donors (Lipinski definition) is 3. The Kier molecular flexibility index (Phi) is 7.52. The van der Waals surface area contributed by atoms with Crippen molar-refractivity contribution in [2.24, 2.45) is 0 Å². The highest BCUT2D eigenvalue weighted by Crippen LogP contribution is 2.39. The summed E-state index contributed by atoms with van der Waals surface area (Å²) in [6.45, 7) is 14.0. The van der Waals surface area contributed by atoms with Crippen LogP contribution in [0.4, 0.5) is 0 Å². The lowest BCUT2D eigenvalue weighted by Gasteiger charge is -2.27. The number of aliphatic hydroxyl groups is 1. The molecule has 0 spiro atoms. The topological polar surface area (TPSA) is 77.8 Å². The second kappa shape index (κ2) is 8.16. The first-order valence-electron chi connectivity index (χ1n) is 7.68. The number of benzene rings is 1. The van der Waals surface area contributed by atoms with Crippen LogP contribution < -0.4 is 0 Å². The summed E-state index contributed by atoms with van der Waals surface area (Å²) in [5.74, 6) is -0.742. The van der Waals surface area contributed by atoms with Crippen LogP contribution in [0.3, 0.4) is 0 Å². The Balaban J connectivity index is 0.000000841. The van der Waals surface area contributed by atoms with Crippen LogP contribution in [0.1, 0.15) is 65.2 Å². The predicted octanol–water partition coefficient (Wildman–Crippen LogP) is 4.08. The van der Waals surface area contributed by atoms with Crippen molar-refractivity contribution in [2.45, 2.75) is 59.3 Å². The average Bonchev–Trinajstić information content (AvgIpc) is 2.39. The third-order valence-corrected chi connectivity index (χ3v) is 3.24. The fourth-order valence-corrected chi connectivity index (χ4v) is 2.09. The summed E-state index contributed by atoms with van der Waals surface area (Å²) in [4.78, 5) is 9.12. The molecule has 0 amide bonds. The zero-order chi connectivity index (χ0) is 18.4. The summed E-state index contributed by atoms with van der Waals surface area (Å²) in [5.41, 5.74) is 3.08. The quantitative estimate of drug-likeness (QED) is 0.766. The zero-order valence-corrected chi connectivity index (χ0v) is 15.3. The summed E-state index contributed by atoms with van der Waals surface area (Å²) in [6, 6.07) is 4.18. The van der Waals surface area contributed by atoms with Gasteiger partial charge < -0.3 is 15.3 Å². The van der Waals surface area contributed by atoms with Crippen LogP contribution in [0, 0.1) is 0 Å². The molecule has 3 N–H and O–H groups in total. The van der Waals surface area contributed by atoms with Crippen LogP contribution in [0.5, 0.6) is 5.75 Å². The molecule has 0 fully saturated rings. The number of phenols is 1. The van der Waals surface area contributed by atoms with Gasteiger partial charge in [0.15, 0.2) is 0 Å². The lowest BCUT2D eigenvalue weighted by atomic mass is 9.78. The number of allylic oxidation sites excluding steroid dienone is 1. The molecule has 4 nitrogen and oxygen atoms in total. The summed E-state index contributed by atoms with van der Waals surface area (Å²) < 4.78 is 0. The summed E-state index contributed by atoms with van der Waals surface area (Å²) in [5, 5.41) is 25.5. The van der Waals surface area contributed by atoms with Crippen molar-refractivity contribution in [3.05, 3.63) is 34.9 Å². The monoisotopic (exact) mass is 322 g/mol. The lowest BCUT2D eigenvalue weighted by molar-refractivity contribution is -0.140. The van der Waals surface area contributed by atoms with Crippen molar-refractivity contribution in [1.29, 1.82) is 0 Å². The van der Waals surface area contributed by atoms with Crippen LogP contribution >= 0.6 is 0 Å². The molecule has 0 unspecified atom stereocenters. The van der Waals surface area contributed by atoms with Gasteiger partial charge in [0.05, 0.1) is 0 Å². The highest BCUT2D eigenvalue weighted by molar-refractivity contribution is 5.67. The van der Waals surface area contributed by atoms with Crippen molar-refractivity contribution in [3.8, 4) is 5.75 Å². The molecule has 0 aliphatic carbocycles. The van der Waals surface area contributed by atoms with Crippen LogP contribution in [0.25, 0.3) is 6.08 Å². The molecule has 0 aliphatic rings. The van der Waals surface area contributed by atoms with Crippen LogP contribution in [-0.4, -0.2) is 27.9 Å². The number of rotatable bonds is 2. The average molecular weight is 322 g/mol. The van der Waals surface area contributed by atoms with Gasteiger partial charge in [0.1, 0.15) is 12.4 Å². The van der Waals surface area contributed by atoms with E-state index in [2.05, 4.69) is 59.8 Å². The highest BCUT2D eigenvalue weighted by Gasteiger charge is 2.25. The number of aliphatic carboxylic acids is 1. The predicted molar refractivity (Wildman–Crippen MR) is 94.9 cm³/mol. The first-order valence-corrected chi connectivity index (χ1v) is 7.68. The van der Waals surface area contributed by atoms with Gasteiger partial charge in [-0.15, -0.1) is 0 Å². The van der Waals surface area contributed by atoms with Crippen molar-refractivity contribution >= 4 is 12.0 Å². The van der Waals surface area contributed by atoms with Gasteiger partial charge >= 0.3 is 5.97 Å². The number of carboxylic acids is 1. The van der Waals surface area contributed by atoms with E-state index in [1.165, 1.54) is 0 Å². The molecular weight excluding hydrogens is 292 g/mol. The van der Waals surface area contributed by atoms with E-state index in [1.54, 1.807) is 0 Å². The Hall–Kier alpha value is -1.81. The molecule has 1 rings (SSSR count). The highest BCUT2D eigenvalue weighted by atomic mass is 16.4. The number of phenolic OH excluding ortho intramolecular Hbond substituents is 1. The smallest absolute Gasteiger partial charge is 0.329 e. The van der Waals surface area contributed by atoms with Gasteiger partial charge in [-0.2, -0.15) is 0 Å².